The second kappa shape index (κ2) is 6.23. The molecule has 1 aliphatic rings. The third kappa shape index (κ3) is 3.22. The predicted molar refractivity (Wildman–Crippen MR) is 70.9 cm³/mol. The molecule has 2 heterocycles. The molecular weight excluding hydrogens is 355 g/mol. The Labute approximate surface area is 137 Å². The van der Waals surface area contributed by atoms with Crippen molar-refractivity contribution < 1.29 is 41.9 Å². The van der Waals surface area contributed by atoms with Crippen molar-refractivity contribution in [2.45, 2.75) is 24.9 Å². The van der Waals surface area contributed by atoms with Gasteiger partial charge in [-0.15, -0.1) is 0 Å². The summed E-state index contributed by atoms with van der Waals surface area (Å²) in [6, 6.07) is -1.56. The Hall–Kier alpha value is -2.83. The van der Waals surface area contributed by atoms with Crippen LogP contribution < -0.4 is 10.6 Å². The fraction of sp³-hybridized carbons (Fsp3) is 0.500. The molecule has 0 aromatic carbocycles. The first-order valence-electron chi connectivity index (χ1n) is 6.79. The van der Waals surface area contributed by atoms with Gasteiger partial charge in [-0.2, -0.15) is 13.2 Å². The van der Waals surface area contributed by atoms with E-state index in [9.17, 15) is 38.0 Å². The third-order valence-corrected chi connectivity index (χ3v) is 3.45. The number of nitrogens with one attached hydrogen (secondary N) is 2. The number of halogens is 3. The van der Waals surface area contributed by atoms with Crippen molar-refractivity contribution in [2.24, 2.45) is 5.92 Å². The summed E-state index contributed by atoms with van der Waals surface area (Å²) in [6.07, 6.45) is -5.45. The molecule has 3 atom stereocenters. The van der Waals surface area contributed by atoms with Crippen LogP contribution in [0.15, 0.2) is 16.5 Å². The highest BCUT2D eigenvalue weighted by Gasteiger charge is 2.67. The molecule has 1 aromatic rings. The maximum Gasteiger partial charge on any atom is 0.437 e. The van der Waals surface area contributed by atoms with Crippen LogP contribution >= 0.6 is 0 Å². The molecule has 3 N–H and O–H groups in total. The monoisotopic (exact) mass is 367 g/mol. The minimum atomic E-state index is -5.45. The van der Waals surface area contributed by atoms with E-state index in [2.05, 4.69) is 4.74 Å². The molecule has 2 rings (SSSR count). The van der Waals surface area contributed by atoms with Gasteiger partial charge in [0.2, 0.25) is 0 Å². The summed E-state index contributed by atoms with van der Waals surface area (Å²) < 4.78 is 49.3. The maximum atomic E-state index is 13.3. The van der Waals surface area contributed by atoms with E-state index >= 15 is 0 Å². The number of rotatable bonds is 4. The first-order chi connectivity index (χ1) is 11.5. The van der Waals surface area contributed by atoms with Crippen LogP contribution in [0.1, 0.15) is 18.7 Å². The number of amides is 2. The van der Waals surface area contributed by atoms with Gasteiger partial charge in [-0.1, -0.05) is 0 Å². The lowest BCUT2D eigenvalue weighted by atomic mass is 9.84. The van der Waals surface area contributed by atoms with Crippen LogP contribution in [0.5, 0.6) is 0 Å². The Morgan fingerprint density at radius 3 is 2.64 bits per heavy atom. The highest BCUT2D eigenvalue weighted by molar-refractivity contribution is 5.83. The summed E-state index contributed by atoms with van der Waals surface area (Å²) in [5.74, 6) is -5.24. The van der Waals surface area contributed by atoms with Crippen molar-refractivity contribution in [3.8, 4) is 0 Å². The van der Waals surface area contributed by atoms with E-state index in [-0.39, 0.29) is 6.61 Å². The number of carbonyl (C=O) groups excluding carboxylic acids is 2. The van der Waals surface area contributed by atoms with Crippen LogP contribution in [0.4, 0.5) is 23.8 Å². The molecule has 25 heavy (non-hydrogen) atoms. The van der Waals surface area contributed by atoms with Crippen LogP contribution in [0.2, 0.25) is 0 Å². The molecule has 0 radical (unpaired) electrons. The van der Waals surface area contributed by atoms with E-state index in [0.29, 0.717) is 0 Å². The number of urea groups is 1. The second-order valence-electron chi connectivity index (χ2n) is 5.00. The molecule has 1 aromatic heterocycles. The summed E-state index contributed by atoms with van der Waals surface area (Å²) in [5.41, 5.74) is -3.96. The van der Waals surface area contributed by atoms with E-state index in [0.717, 1.165) is 12.1 Å². The number of nitro groups is 1. The van der Waals surface area contributed by atoms with Gasteiger partial charge in [0.05, 0.1) is 12.7 Å². The molecule has 138 valence electrons. The van der Waals surface area contributed by atoms with Gasteiger partial charge in [0, 0.05) is 0 Å². The molecular formula is C12H12F3N3O7. The summed E-state index contributed by atoms with van der Waals surface area (Å²) in [6.45, 7) is 1.02. The quantitative estimate of drug-likeness (QED) is 0.409. The summed E-state index contributed by atoms with van der Waals surface area (Å²) in [5, 5.41) is 23.9. The van der Waals surface area contributed by atoms with Gasteiger partial charge in [-0.3, -0.25) is 14.9 Å². The lowest BCUT2D eigenvalue weighted by molar-refractivity contribution is -0.402. The van der Waals surface area contributed by atoms with Crippen molar-refractivity contribution >= 4 is 17.9 Å². The molecule has 0 bridgehead atoms. The summed E-state index contributed by atoms with van der Waals surface area (Å²) in [7, 11) is 0. The maximum absolute atomic E-state index is 13.3. The van der Waals surface area contributed by atoms with E-state index in [1.165, 1.54) is 12.2 Å². The zero-order chi connectivity index (χ0) is 19.0. The topological polar surface area (TPSA) is 144 Å². The smallest absolute Gasteiger partial charge is 0.437 e. The van der Waals surface area contributed by atoms with Crippen molar-refractivity contribution in [3.05, 3.63) is 28.0 Å². The Kier molecular flexibility index (Phi) is 4.61. The Bertz CT molecular complexity index is 704. The van der Waals surface area contributed by atoms with Gasteiger partial charge in [0.25, 0.3) is 5.72 Å². The predicted octanol–water partition coefficient (Wildman–Crippen LogP) is 0.972. The van der Waals surface area contributed by atoms with E-state index in [4.69, 9.17) is 4.42 Å². The van der Waals surface area contributed by atoms with E-state index < -0.39 is 52.4 Å². The highest BCUT2D eigenvalue weighted by atomic mass is 19.4. The molecule has 10 nitrogen and oxygen atoms in total. The zero-order valence-corrected chi connectivity index (χ0v) is 12.5. The lowest BCUT2D eigenvalue weighted by Crippen LogP contribution is -2.73. The average Bonchev–Trinajstić information content (AvgIpc) is 2.95. The van der Waals surface area contributed by atoms with Crippen LogP contribution in [0.3, 0.4) is 0 Å². The summed E-state index contributed by atoms with van der Waals surface area (Å²) >= 11 is 0. The first-order valence-corrected chi connectivity index (χ1v) is 6.79. The lowest BCUT2D eigenvalue weighted by Gasteiger charge is -2.43. The van der Waals surface area contributed by atoms with Gasteiger partial charge in [-0.05, 0) is 13.0 Å². The number of furan rings is 1. The van der Waals surface area contributed by atoms with Crippen molar-refractivity contribution in [2.75, 3.05) is 6.61 Å². The first kappa shape index (κ1) is 18.5. The minimum absolute atomic E-state index is 0.303. The Morgan fingerprint density at radius 2 is 2.16 bits per heavy atom. The molecule has 0 spiro atoms. The average molecular weight is 367 g/mol. The fourth-order valence-corrected chi connectivity index (χ4v) is 2.38. The van der Waals surface area contributed by atoms with Crippen LogP contribution in [-0.4, -0.2) is 40.5 Å². The van der Waals surface area contributed by atoms with Gasteiger partial charge in [0.1, 0.15) is 22.6 Å². The number of aliphatic hydroxyl groups is 1. The fourth-order valence-electron chi connectivity index (χ4n) is 2.38. The number of carbonyl (C=O) groups is 2. The number of ether oxygens (including phenoxy) is 1. The Morgan fingerprint density at radius 1 is 1.52 bits per heavy atom. The van der Waals surface area contributed by atoms with Crippen molar-refractivity contribution in [3.63, 3.8) is 0 Å². The molecule has 0 aliphatic carbocycles. The third-order valence-electron chi connectivity index (χ3n) is 3.45. The van der Waals surface area contributed by atoms with Gasteiger partial charge in [-0.25, -0.2) is 4.79 Å². The largest absolute Gasteiger partial charge is 0.466 e. The molecule has 1 fully saturated rings. The number of hydrogen-bond donors (Lipinski definition) is 3. The molecule has 0 unspecified atom stereocenters. The molecule has 2 amide bonds. The Balaban J connectivity index is 2.55. The van der Waals surface area contributed by atoms with Crippen molar-refractivity contribution in [1.82, 2.24) is 10.6 Å². The minimum Gasteiger partial charge on any atom is -0.466 e. The summed E-state index contributed by atoms with van der Waals surface area (Å²) in [4.78, 5) is 33.3. The normalized spacial score (nSPS) is 26.5. The number of nitrogens with zero attached hydrogens (tertiary/aromatic N) is 1. The van der Waals surface area contributed by atoms with Crippen LogP contribution in [-0.2, 0) is 9.53 Å². The SMILES string of the molecule is CCOC(=O)[C@@H]1[C@H](c2ccc([N+](=O)[O-])o2)NC(=O)N[C@@]1(O)C(F)(F)F. The van der Waals surface area contributed by atoms with Crippen LogP contribution in [0, 0.1) is 16.0 Å². The number of alkyl halides is 3. The molecule has 0 saturated carbocycles. The standard InChI is InChI=1S/C12H12F3N3O7/c1-2-24-9(19)7-8(5-3-4-6(25-5)18(22)23)16-10(20)17-11(7,21)12(13,14)15/h3-4,7-8,21H,2H2,1H3,(H2,16,17,20)/t7-,8-,11-/m0/s1. The second-order valence-corrected chi connectivity index (χ2v) is 5.00. The van der Waals surface area contributed by atoms with Crippen LogP contribution in [0.25, 0.3) is 0 Å². The highest BCUT2D eigenvalue weighted by Crippen LogP contribution is 2.43. The number of esters is 1. The molecule has 1 saturated heterocycles. The zero-order valence-electron chi connectivity index (χ0n) is 12.5. The van der Waals surface area contributed by atoms with Gasteiger partial charge < -0.3 is 24.9 Å². The van der Waals surface area contributed by atoms with Crippen molar-refractivity contribution in [1.29, 1.82) is 0 Å². The van der Waals surface area contributed by atoms with Gasteiger partial charge in [0.15, 0.2) is 0 Å². The molecule has 1 aliphatic heterocycles. The van der Waals surface area contributed by atoms with Gasteiger partial charge >= 0.3 is 24.1 Å². The number of hydrogen-bond acceptors (Lipinski definition) is 7. The van der Waals surface area contributed by atoms with E-state index in [1.54, 1.807) is 0 Å². The van der Waals surface area contributed by atoms with E-state index in [1.807, 2.05) is 5.32 Å². The molecule has 13 heteroatoms.